The lowest BCUT2D eigenvalue weighted by Gasteiger charge is -2.48. The zero-order valence-electron chi connectivity index (χ0n) is 11.6. The van der Waals surface area contributed by atoms with Gasteiger partial charge in [-0.25, -0.2) is 0 Å². The third kappa shape index (κ3) is 2.60. The Morgan fingerprint density at radius 2 is 2.26 bits per heavy atom. The first-order valence-corrected chi connectivity index (χ1v) is 7.34. The van der Waals surface area contributed by atoms with Crippen molar-refractivity contribution in [3.8, 4) is 0 Å². The minimum atomic E-state index is 0.0195. The average molecular weight is 261 g/mol. The summed E-state index contributed by atoms with van der Waals surface area (Å²) in [6, 6.07) is 5.32. The van der Waals surface area contributed by atoms with Crippen molar-refractivity contribution in [2.45, 2.75) is 44.9 Å². The lowest BCUT2D eigenvalue weighted by atomic mass is 9.97. The van der Waals surface area contributed by atoms with E-state index in [9.17, 15) is 5.11 Å². The topological polar surface area (TPSA) is 39.6 Å². The van der Waals surface area contributed by atoms with Crippen LogP contribution in [0.2, 0.25) is 0 Å². The number of aliphatic hydroxyl groups is 1. The maximum atomic E-state index is 9.22. The molecule has 2 aliphatic heterocycles. The van der Waals surface area contributed by atoms with E-state index in [4.69, 9.17) is 0 Å². The van der Waals surface area contributed by atoms with Crippen LogP contribution in [0.4, 0.5) is 5.69 Å². The molecular weight excluding hydrogens is 238 g/mol. The number of rotatable bonds is 2. The van der Waals surface area contributed by atoms with Crippen molar-refractivity contribution >= 4 is 5.69 Å². The van der Waals surface area contributed by atoms with Gasteiger partial charge in [-0.1, -0.05) is 6.42 Å². The van der Waals surface area contributed by atoms with Crippen molar-refractivity contribution in [2.24, 2.45) is 0 Å². The molecule has 1 aromatic heterocycles. The Labute approximate surface area is 115 Å². The minimum Gasteiger partial charge on any atom is -0.390 e. The Hall–Kier alpha value is -1.13. The second-order valence-electron chi connectivity index (χ2n) is 5.81. The third-order valence-corrected chi connectivity index (χ3v) is 4.48. The fourth-order valence-electron chi connectivity index (χ4n) is 3.44. The van der Waals surface area contributed by atoms with Gasteiger partial charge in [0.25, 0.3) is 0 Å². The second-order valence-corrected chi connectivity index (χ2v) is 5.81. The molecule has 2 unspecified atom stereocenters. The summed E-state index contributed by atoms with van der Waals surface area (Å²) in [5, 5.41) is 9.22. The Morgan fingerprint density at radius 3 is 3.11 bits per heavy atom. The van der Waals surface area contributed by atoms with Crippen molar-refractivity contribution < 1.29 is 5.11 Å². The first kappa shape index (κ1) is 12.9. The number of piperazine rings is 1. The van der Waals surface area contributed by atoms with Crippen LogP contribution in [0.25, 0.3) is 0 Å². The zero-order valence-corrected chi connectivity index (χ0v) is 11.6. The summed E-state index contributed by atoms with van der Waals surface area (Å²) in [6.07, 6.45) is 5.84. The van der Waals surface area contributed by atoms with E-state index in [-0.39, 0.29) is 6.61 Å². The molecule has 4 heteroatoms. The van der Waals surface area contributed by atoms with Crippen LogP contribution in [0.15, 0.2) is 18.3 Å². The van der Waals surface area contributed by atoms with Crippen molar-refractivity contribution in [1.82, 2.24) is 9.88 Å². The standard InChI is InChI=1S/C15H23N3O/c1-12-9-17-7-3-2-4-15(17)10-18(12)14-5-6-16-13(8-14)11-19/h5-6,8,12,15,19H,2-4,7,9-11H2,1H3. The van der Waals surface area contributed by atoms with Gasteiger partial charge >= 0.3 is 0 Å². The van der Waals surface area contributed by atoms with Crippen LogP contribution in [-0.2, 0) is 6.61 Å². The maximum absolute atomic E-state index is 9.22. The van der Waals surface area contributed by atoms with E-state index in [1.165, 1.54) is 31.5 Å². The molecule has 0 saturated carbocycles. The zero-order chi connectivity index (χ0) is 13.2. The van der Waals surface area contributed by atoms with Gasteiger partial charge in [-0.2, -0.15) is 0 Å². The van der Waals surface area contributed by atoms with E-state index in [2.05, 4.69) is 27.8 Å². The Morgan fingerprint density at radius 1 is 1.37 bits per heavy atom. The minimum absolute atomic E-state index is 0.0195. The largest absolute Gasteiger partial charge is 0.390 e. The van der Waals surface area contributed by atoms with Crippen LogP contribution >= 0.6 is 0 Å². The molecule has 4 nitrogen and oxygen atoms in total. The normalized spacial score (nSPS) is 28.2. The van der Waals surface area contributed by atoms with Crippen LogP contribution < -0.4 is 4.90 Å². The highest BCUT2D eigenvalue weighted by Crippen LogP contribution is 2.28. The fraction of sp³-hybridized carbons (Fsp3) is 0.667. The number of anilines is 1. The first-order valence-electron chi connectivity index (χ1n) is 7.34. The molecule has 3 heterocycles. The predicted molar refractivity (Wildman–Crippen MR) is 76.2 cm³/mol. The number of aromatic nitrogens is 1. The summed E-state index contributed by atoms with van der Waals surface area (Å²) < 4.78 is 0. The highest BCUT2D eigenvalue weighted by molar-refractivity contribution is 5.48. The van der Waals surface area contributed by atoms with Crippen molar-refractivity contribution in [1.29, 1.82) is 0 Å². The number of aliphatic hydroxyl groups excluding tert-OH is 1. The second kappa shape index (κ2) is 5.47. The summed E-state index contributed by atoms with van der Waals surface area (Å²) in [7, 11) is 0. The average Bonchev–Trinajstić information content (AvgIpc) is 2.46. The molecule has 19 heavy (non-hydrogen) atoms. The quantitative estimate of drug-likeness (QED) is 0.878. The van der Waals surface area contributed by atoms with Crippen LogP contribution in [-0.4, -0.2) is 46.7 Å². The first-order chi connectivity index (χ1) is 9.28. The molecule has 0 aliphatic carbocycles. The summed E-state index contributed by atoms with van der Waals surface area (Å²) >= 11 is 0. The highest BCUT2D eigenvalue weighted by atomic mass is 16.3. The number of hydrogen-bond donors (Lipinski definition) is 1. The van der Waals surface area contributed by atoms with Gasteiger partial charge in [0.2, 0.25) is 0 Å². The molecule has 0 amide bonds. The summed E-state index contributed by atoms with van der Waals surface area (Å²) in [4.78, 5) is 9.30. The molecule has 3 rings (SSSR count). The van der Waals surface area contributed by atoms with Crippen LogP contribution in [0.3, 0.4) is 0 Å². The molecule has 2 aliphatic rings. The lowest BCUT2D eigenvalue weighted by Crippen LogP contribution is -2.58. The van der Waals surface area contributed by atoms with Gasteiger partial charge in [0.05, 0.1) is 12.3 Å². The van der Waals surface area contributed by atoms with Gasteiger partial charge in [0.1, 0.15) is 0 Å². The van der Waals surface area contributed by atoms with E-state index >= 15 is 0 Å². The molecule has 0 aromatic carbocycles. The highest BCUT2D eigenvalue weighted by Gasteiger charge is 2.32. The van der Waals surface area contributed by atoms with Crippen LogP contribution in [0.5, 0.6) is 0 Å². The van der Waals surface area contributed by atoms with E-state index < -0.39 is 0 Å². The van der Waals surface area contributed by atoms with E-state index in [0.717, 1.165) is 18.8 Å². The van der Waals surface area contributed by atoms with Gasteiger partial charge in [-0.15, -0.1) is 0 Å². The molecule has 0 spiro atoms. The SMILES string of the molecule is CC1CN2CCCCC2CN1c1ccnc(CO)c1. The third-order valence-electron chi connectivity index (χ3n) is 4.48. The Kier molecular flexibility index (Phi) is 3.71. The van der Waals surface area contributed by atoms with E-state index in [1.807, 2.05) is 6.07 Å². The molecule has 1 N–H and O–H groups in total. The molecule has 0 radical (unpaired) electrons. The van der Waals surface area contributed by atoms with Gasteiger partial charge in [0.15, 0.2) is 0 Å². The smallest absolute Gasteiger partial charge is 0.0853 e. The Bertz CT molecular complexity index is 437. The molecule has 2 saturated heterocycles. The molecule has 0 bridgehead atoms. The predicted octanol–water partition coefficient (Wildman–Crippen LogP) is 1.64. The number of piperidine rings is 1. The number of hydrogen-bond acceptors (Lipinski definition) is 4. The monoisotopic (exact) mass is 261 g/mol. The number of nitrogens with zero attached hydrogens (tertiary/aromatic N) is 3. The van der Waals surface area contributed by atoms with E-state index in [0.29, 0.717) is 12.1 Å². The van der Waals surface area contributed by atoms with Crippen molar-refractivity contribution in [3.05, 3.63) is 24.0 Å². The lowest BCUT2D eigenvalue weighted by molar-refractivity contribution is 0.115. The molecule has 1 aromatic rings. The van der Waals surface area contributed by atoms with Gasteiger partial charge < -0.3 is 10.0 Å². The molecule has 2 fully saturated rings. The summed E-state index contributed by atoms with van der Waals surface area (Å²) in [5.41, 5.74) is 1.97. The number of fused-ring (bicyclic) bond motifs is 1. The van der Waals surface area contributed by atoms with Gasteiger partial charge in [-0.05, 0) is 38.4 Å². The van der Waals surface area contributed by atoms with Gasteiger partial charge in [-0.3, -0.25) is 9.88 Å². The summed E-state index contributed by atoms with van der Waals surface area (Å²) in [5.74, 6) is 0. The van der Waals surface area contributed by atoms with Crippen molar-refractivity contribution in [3.63, 3.8) is 0 Å². The Balaban J connectivity index is 1.79. The summed E-state index contributed by atoms with van der Waals surface area (Å²) in [6.45, 7) is 5.84. The van der Waals surface area contributed by atoms with Crippen molar-refractivity contribution in [2.75, 3.05) is 24.5 Å². The maximum Gasteiger partial charge on any atom is 0.0853 e. The molecular formula is C15H23N3O. The molecule has 104 valence electrons. The fourth-order valence-corrected chi connectivity index (χ4v) is 3.44. The van der Waals surface area contributed by atoms with Crippen LogP contribution in [0.1, 0.15) is 31.9 Å². The van der Waals surface area contributed by atoms with Crippen LogP contribution in [0, 0.1) is 0 Å². The van der Waals surface area contributed by atoms with E-state index in [1.54, 1.807) is 6.20 Å². The number of pyridine rings is 1. The molecule has 2 atom stereocenters. The van der Waals surface area contributed by atoms with Gasteiger partial charge in [0, 0.05) is 37.1 Å².